The molecule has 0 atom stereocenters. The van der Waals surface area contributed by atoms with Crippen LogP contribution in [0.5, 0.6) is 17.2 Å². The van der Waals surface area contributed by atoms with Gasteiger partial charge in [0.2, 0.25) is 0 Å². The van der Waals surface area contributed by atoms with Gasteiger partial charge in [-0.25, -0.2) is 0 Å². The Morgan fingerprint density at radius 2 is 0.824 bits per heavy atom. The van der Waals surface area contributed by atoms with Crippen molar-refractivity contribution in [3.63, 3.8) is 0 Å². The van der Waals surface area contributed by atoms with E-state index in [1.165, 1.54) is 36.0 Å². The van der Waals surface area contributed by atoms with E-state index in [0.29, 0.717) is 0 Å². The third kappa shape index (κ3) is 8.81. The monoisotopic (exact) mass is 458 g/mol. The summed E-state index contributed by atoms with van der Waals surface area (Å²) in [5, 5.41) is 0. The second-order valence-corrected chi connectivity index (χ2v) is 8.90. The summed E-state index contributed by atoms with van der Waals surface area (Å²) < 4.78 is 18.7. The predicted octanol–water partition coefficient (Wildman–Crippen LogP) is 8.24. The van der Waals surface area contributed by atoms with Crippen LogP contribution in [0.4, 0.5) is 0 Å². The molecule has 3 rings (SSSR count). The van der Waals surface area contributed by atoms with E-state index in [1.807, 2.05) is 36.4 Å². The molecular weight excluding hydrogens is 419 g/mol. The van der Waals surface area contributed by atoms with Gasteiger partial charge in [0.05, 0.1) is 0 Å². The Balaban J connectivity index is 1.78. The van der Waals surface area contributed by atoms with Crippen molar-refractivity contribution in [3.05, 3.63) is 89.5 Å². The molecule has 3 aromatic rings. The van der Waals surface area contributed by atoms with Crippen LogP contribution in [0.2, 0.25) is 0 Å². The minimum Gasteiger partial charge on any atom is -0.490 e. The highest BCUT2D eigenvalue weighted by Gasteiger charge is 2.30. The van der Waals surface area contributed by atoms with E-state index >= 15 is 0 Å². The molecule has 0 aliphatic carbocycles. The molecule has 3 nitrogen and oxygen atoms in total. The fourth-order valence-electron chi connectivity index (χ4n) is 3.87. The van der Waals surface area contributed by atoms with Crippen LogP contribution in [0.25, 0.3) is 0 Å². The summed E-state index contributed by atoms with van der Waals surface area (Å²) in [5.41, 5.74) is 3.80. The lowest BCUT2D eigenvalue weighted by Gasteiger charge is -2.18. The molecule has 0 aliphatic heterocycles. The number of aryl methyl sites for hydroxylation is 3. The van der Waals surface area contributed by atoms with Gasteiger partial charge in [-0.3, -0.25) is 0 Å². The molecule has 0 N–H and O–H groups in total. The third-order valence-electron chi connectivity index (χ3n) is 5.85. The predicted molar refractivity (Wildman–Crippen MR) is 143 cm³/mol. The fraction of sp³-hybridized carbons (Fsp3) is 0.400. The first-order chi connectivity index (χ1) is 16.7. The zero-order valence-corrected chi connectivity index (χ0v) is 21.1. The Morgan fingerprint density at radius 1 is 0.500 bits per heavy atom. The van der Waals surface area contributed by atoms with E-state index in [1.54, 1.807) is 0 Å². The van der Waals surface area contributed by atoms with Crippen LogP contribution >= 0.6 is 0 Å². The van der Waals surface area contributed by atoms with E-state index in [9.17, 15) is 0 Å². The Labute approximate surface area is 206 Å². The number of unbranched alkanes of at least 4 members (excludes halogenated alkanes) is 3. The SMILES string of the molecule is CCCCc1cccc(OB(Oc2cccc(CCCC)c2)Oc2cccc(CCCC)c2)c1. The van der Waals surface area contributed by atoms with Crippen LogP contribution in [-0.2, 0) is 19.3 Å². The average molecular weight is 458 g/mol. The van der Waals surface area contributed by atoms with Crippen LogP contribution in [0.15, 0.2) is 72.8 Å². The van der Waals surface area contributed by atoms with Crippen molar-refractivity contribution in [2.75, 3.05) is 0 Å². The van der Waals surface area contributed by atoms with E-state index in [2.05, 4.69) is 57.2 Å². The Kier molecular flexibility index (Phi) is 10.9. The molecule has 0 bridgehead atoms. The summed E-state index contributed by atoms with van der Waals surface area (Å²) >= 11 is 0. The van der Waals surface area contributed by atoms with Gasteiger partial charge in [0.1, 0.15) is 17.2 Å². The largest absolute Gasteiger partial charge is 0.864 e. The molecular formula is C30H39BO3. The van der Waals surface area contributed by atoms with Crippen molar-refractivity contribution in [2.24, 2.45) is 0 Å². The van der Waals surface area contributed by atoms with Gasteiger partial charge in [-0.2, -0.15) is 0 Å². The molecule has 0 heterocycles. The highest BCUT2D eigenvalue weighted by molar-refractivity contribution is 6.39. The molecule has 0 aliphatic rings. The normalized spacial score (nSPS) is 10.7. The van der Waals surface area contributed by atoms with Gasteiger partial charge in [-0.15, -0.1) is 0 Å². The Morgan fingerprint density at radius 3 is 1.12 bits per heavy atom. The number of hydrogen-bond acceptors (Lipinski definition) is 3. The molecule has 0 radical (unpaired) electrons. The lowest BCUT2D eigenvalue weighted by atomic mass is 10.1. The number of hydrogen-bond donors (Lipinski definition) is 0. The van der Waals surface area contributed by atoms with Crippen LogP contribution in [0, 0.1) is 0 Å². The highest BCUT2D eigenvalue weighted by Crippen LogP contribution is 2.22. The quantitative estimate of drug-likeness (QED) is 0.215. The summed E-state index contributed by atoms with van der Waals surface area (Å²) in [6, 6.07) is 24.7. The van der Waals surface area contributed by atoms with Crippen molar-refractivity contribution < 1.29 is 14.0 Å². The summed E-state index contributed by atoms with van der Waals surface area (Å²) in [7, 11) is -0.885. The molecule has 0 fully saturated rings. The van der Waals surface area contributed by atoms with Crippen LogP contribution < -0.4 is 14.0 Å². The maximum atomic E-state index is 6.24. The summed E-state index contributed by atoms with van der Waals surface area (Å²) in [6.45, 7) is 6.63. The zero-order valence-electron chi connectivity index (χ0n) is 21.1. The number of benzene rings is 3. The van der Waals surface area contributed by atoms with Gasteiger partial charge in [0.15, 0.2) is 0 Å². The smallest absolute Gasteiger partial charge is 0.490 e. The molecule has 4 heteroatoms. The lowest BCUT2D eigenvalue weighted by molar-refractivity contribution is 0.307. The fourth-order valence-corrected chi connectivity index (χ4v) is 3.87. The number of rotatable bonds is 15. The van der Waals surface area contributed by atoms with Gasteiger partial charge in [0, 0.05) is 0 Å². The molecule has 0 unspecified atom stereocenters. The molecule has 0 saturated heterocycles. The van der Waals surface area contributed by atoms with Crippen LogP contribution in [0.3, 0.4) is 0 Å². The van der Waals surface area contributed by atoms with Crippen molar-refractivity contribution in [3.8, 4) is 17.2 Å². The van der Waals surface area contributed by atoms with Gasteiger partial charge < -0.3 is 14.0 Å². The van der Waals surface area contributed by atoms with E-state index in [-0.39, 0.29) is 0 Å². The zero-order chi connectivity index (χ0) is 24.0. The first kappa shape index (κ1) is 25.7. The maximum Gasteiger partial charge on any atom is 0.864 e. The third-order valence-corrected chi connectivity index (χ3v) is 5.85. The second kappa shape index (κ2) is 14.4. The summed E-state index contributed by atoms with van der Waals surface area (Å²) in [5.74, 6) is 2.26. The minimum absolute atomic E-state index is 0.753. The molecule has 34 heavy (non-hydrogen) atoms. The minimum atomic E-state index is -0.885. The first-order valence-corrected chi connectivity index (χ1v) is 13.0. The van der Waals surface area contributed by atoms with E-state index < -0.39 is 7.32 Å². The topological polar surface area (TPSA) is 27.7 Å². The van der Waals surface area contributed by atoms with E-state index in [4.69, 9.17) is 14.0 Å². The van der Waals surface area contributed by atoms with Crippen molar-refractivity contribution in [1.82, 2.24) is 0 Å². The van der Waals surface area contributed by atoms with Gasteiger partial charge in [-0.1, -0.05) is 76.4 Å². The average Bonchev–Trinajstić information content (AvgIpc) is 2.85. The molecule has 0 aromatic heterocycles. The Hall–Kier alpha value is -2.88. The maximum absolute atomic E-state index is 6.24. The second-order valence-electron chi connectivity index (χ2n) is 8.90. The van der Waals surface area contributed by atoms with Gasteiger partial charge in [0.25, 0.3) is 0 Å². The summed E-state index contributed by atoms with van der Waals surface area (Å²) in [6.07, 6.45) is 10.1. The van der Waals surface area contributed by atoms with E-state index in [0.717, 1.165) is 55.8 Å². The van der Waals surface area contributed by atoms with Gasteiger partial charge in [-0.05, 0) is 91.6 Å². The van der Waals surface area contributed by atoms with Crippen LogP contribution in [0.1, 0.15) is 76.0 Å². The summed E-state index contributed by atoms with van der Waals surface area (Å²) in [4.78, 5) is 0. The molecule has 180 valence electrons. The highest BCUT2D eigenvalue weighted by atomic mass is 16.7. The van der Waals surface area contributed by atoms with Crippen LogP contribution in [-0.4, -0.2) is 7.32 Å². The molecule has 0 spiro atoms. The molecule has 0 amide bonds. The standard InChI is InChI=1S/C30H39BO3/c1-4-7-13-25-16-10-19-28(22-25)32-31(33-29-20-11-17-26(23-29)14-8-5-2)34-30-21-12-18-27(24-30)15-9-6-3/h10-12,16-24H,4-9,13-15H2,1-3H3. The van der Waals surface area contributed by atoms with Crippen molar-refractivity contribution >= 4 is 7.32 Å². The first-order valence-electron chi connectivity index (χ1n) is 13.0. The molecule has 3 aromatic carbocycles. The van der Waals surface area contributed by atoms with Crippen molar-refractivity contribution in [1.29, 1.82) is 0 Å². The van der Waals surface area contributed by atoms with Gasteiger partial charge >= 0.3 is 7.32 Å². The Bertz CT molecular complexity index is 861. The molecule has 0 saturated carbocycles. The lowest BCUT2D eigenvalue weighted by Crippen LogP contribution is -2.37. The van der Waals surface area contributed by atoms with Crippen molar-refractivity contribution in [2.45, 2.75) is 78.6 Å².